The quantitative estimate of drug-likeness (QED) is 0.897. The number of nitrogens with zero attached hydrogens (tertiary/aromatic N) is 4. The van der Waals surface area contributed by atoms with Gasteiger partial charge < -0.3 is 15.0 Å². The summed E-state index contributed by atoms with van der Waals surface area (Å²) in [6.45, 7) is 1.71. The zero-order chi connectivity index (χ0) is 16.9. The summed E-state index contributed by atoms with van der Waals surface area (Å²) in [5.41, 5.74) is 1.92. The van der Waals surface area contributed by atoms with E-state index in [1.807, 2.05) is 47.9 Å². The van der Waals surface area contributed by atoms with Crippen molar-refractivity contribution in [2.75, 3.05) is 32.1 Å². The lowest BCUT2D eigenvalue weighted by atomic mass is 10.1. The van der Waals surface area contributed by atoms with Crippen LogP contribution >= 0.6 is 0 Å². The molecule has 1 fully saturated rings. The van der Waals surface area contributed by atoms with Crippen LogP contribution in [0.3, 0.4) is 0 Å². The molecule has 0 unspecified atom stereocenters. The Labute approximate surface area is 141 Å². The molecular formula is C17H23N5O2. The number of hydrogen-bond acceptors (Lipinski definition) is 5. The third-order valence-corrected chi connectivity index (χ3v) is 4.29. The van der Waals surface area contributed by atoms with Crippen LogP contribution in [-0.4, -0.2) is 52.3 Å². The minimum Gasteiger partial charge on any atom is -0.373 e. The van der Waals surface area contributed by atoms with E-state index < -0.39 is 0 Å². The van der Waals surface area contributed by atoms with Gasteiger partial charge in [-0.05, 0) is 24.6 Å². The Kier molecular flexibility index (Phi) is 5.10. The van der Waals surface area contributed by atoms with E-state index in [2.05, 4.69) is 15.4 Å². The number of amides is 1. The van der Waals surface area contributed by atoms with Crippen molar-refractivity contribution in [3.05, 3.63) is 41.9 Å². The van der Waals surface area contributed by atoms with Gasteiger partial charge in [-0.3, -0.25) is 9.48 Å². The number of carbonyl (C=O) groups excluding carboxylic acids is 1. The second-order valence-corrected chi connectivity index (χ2v) is 5.84. The number of ether oxygens (including phenoxy) is 1. The molecule has 7 nitrogen and oxygen atoms in total. The molecule has 0 spiro atoms. The lowest BCUT2D eigenvalue weighted by Crippen LogP contribution is -2.42. The second kappa shape index (κ2) is 7.44. The molecule has 1 aliphatic rings. The number of morpholine rings is 1. The van der Waals surface area contributed by atoms with Crippen molar-refractivity contribution in [2.24, 2.45) is 7.05 Å². The van der Waals surface area contributed by atoms with Gasteiger partial charge in [-0.25, -0.2) is 4.98 Å². The molecule has 0 saturated carbocycles. The SMILES string of the molecule is CNc1cccc([C@H]2CN(C(=O)CCc3ccnn3C)CCO2)n1. The van der Waals surface area contributed by atoms with Crippen LogP contribution < -0.4 is 5.32 Å². The zero-order valence-electron chi connectivity index (χ0n) is 14.1. The third-order valence-electron chi connectivity index (χ3n) is 4.29. The first-order valence-corrected chi connectivity index (χ1v) is 8.18. The summed E-state index contributed by atoms with van der Waals surface area (Å²) in [5.74, 6) is 0.949. The molecular weight excluding hydrogens is 306 g/mol. The van der Waals surface area contributed by atoms with E-state index in [9.17, 15) is 4.79 Å². The molecule has 128 valence electrons. The fraction of sp³-hybridized carbons (Fsp3) is 0.471. The molecule has 0 radical (unpaired) electrons. The maximum Gasteiger partial charge on any atom is 0.223 e. The van der Waals surface area contributed by atoms with Gasteiger partial charge in [0.05, 0.1) is 18.8 Å². The normalized spacial score (nSPS) is 17.8. The van der Waals surface area contributed by atoms with E-state index in [4.69, 9.17) is 4.74 Å². The maximum atomic E-state index is 12.5. The highest BCUT2D eigenvalue weighted by atomic mass is 16.5. The monoisotopic (exact) mass is 329 g/mol. The molecule has 1 aliphatic heterocycles. The van der Waals surface area contributed by atoms with Gasteiger partial charge in [0.25, 0.3) is 0 Å². The summed E-state index contributed by atoms with van der Waals surface area (Å²) in [7, 11) is 3.73. The Balaban J connectivity index is 1.60. The summed E-state index contributed by atoms with van der Waals surface area (Å²) in [5, 5.41) is 7.16. The first kappa shape index (κ1) is 16.4. The Morgan fingerprint density at radius 1 is 1.42 bits per heavy atom. The number of pyridine rings is 1. The van der Waals surface area contributed by atoms with Crippen LogP contribution in [-0.2, 0) is 23.0 Å². The van der Waals surface area contributed by atoms with Crippen molar-refractivity contribution < 1.29 is 9.53 Å². The second-order valence-electron chi connectivity index (χ2n) is 5.84. The Morgan fingerprint density at radius 3 is 3.04 bits per heavy atom. The van der Waals surface area contributed by atoms with Crippen LogP contribution in [0, 0.1) is 0 Å². The molecule has 3 heterocycles. The molecule has 1 N–H and O–H groups in total. The summed E-state index contributed by atoms with van der Waals surface area (Å²) in [4.78, 5) is 18.9. The van der Waals surface area contributed by atoms with Crippen molar-refractivity contribution in [3.63, 3.8) is 0 Å². The first-order valence-electron chi connectivity index (χ1n) is 8.18. The minimum absolute atomic E-state index is 0.147. The largest absolute Gasteiger partial charge is 0.373 e. The number of aryl methyl sites for hydroxylation is 2. The number of carbonyl (C=O) groups is 1. The lowest BCUT2D eigenvalue weighted by Gasteiger charge is -2.33. The van der Waals surface area contributed by atoms with Gasteiger partial charge in [0.15, 0.2) is 0 Å². The van der Waals surface area contributed by atoms with Crippen molar-refractivity contribution in [1.29, 1.82) is 0 Å². The van der Waals surface area contributed by atoms with Gasteiger partial charge in [-0.15, -0.1) is 0 Å². The van der Waals surface area contributed by atoms with E-state index in [1.54, 1.807) is 6.20 Å². The molecule has 0 aliphatic carbocycles. The fourth-order valence-electron chi connectivity index (χ4n) is 2.86. The molecule has 3 rings (SSSR count). The van der Waals surface area contributed by atoms with Gasteiger partial charge in [-0.2, -0.15) is 5.10 Å². The third kappa shape index (κ3) is 3.73. The van der Waals surface area contributed by atoms with E-state index in [1.165, 1.54) is 0 Å². The molecule has 24 heavy (non-hydrogen) atoms. The molecule has 1 atom stereocenters. The van der Waals surface area contributed by atoms with Crippen LogP contribution in [0.2, 0.25) is 0 Å². The van der Waals surface area contributed by atoms with Gasteiger partial charge in [0, 0.05) is 39.0 Å². The Morgan fingerprint density at radius 2 is 2.29 bits per heavy atom. The lowest BCUT2D eigenvalue weighted by molar-refractivity contribution is -0.139. The van der Waals surface area contributed by atoms with Crippen molar-refractivity contribution in [2.45, 2.75) is 18.9 Å². The molecule has 1 saturated heterocycles. The van der Waals surface area contributed by atoms with Gasteiger partial charge >= 0.3 is 0 Å². The number of aromatic nitrogens is 3. The number of rotatable bonds is 5. The van der Waals surface area contributed by atoms with E-state index >= 15 is 0 Å². The van der Waals surface area contributed by atoms with Crippen LogP contribution in [0.4, 0.5) is 5.82 Å². The van der Waals surface area contributed by atoms with Gasteiger partial charge in [0.2, 0.25) is 5.91 Å². The summed E-state index contributed by atoms with van der Waals surface area (Å²) < 4.78 is 7.62. The molecule has 1 amide bonds. The molecule has 2 aromatic rings. The highest BCUT2D eigenvalue weighted by Crippen LogP contribution is 2.22. The van der Waals surface area contributed by atoms with Crippen LogP contribution in [0.15, 0.2) is 30.5 Å². The average molecular weight is 329 g/mol. The molecule has 7 heteroatoms. The van der Waals surface area contributed by atoms with E-state index in [0.717, 1.165) is 17.2 Å². The Bertz CT molecular complexity index is 700. The number of anilines is 1. The topological polar surface area (TPSA) is 72.3 Å². The molecule has 0 bridgehead atoms. The van der Waals surface area contributed by atoms with Crippen LogP contribution in [0.1, 0.15) is 23.9 Å². The number of hydrogen-bond donors (Lipinski definition) is 1. The maximum absolute atomic E-state index is 12.5. The van der Waals surface area contributed by atoms with Gasteiger partial charge in [0.1, 0.15) is 11.9 Å². The number of nitrogens with one attached hydrogen (secondary N) is 1. The standard InChI is InChI=1S/C17H23N5O2/c1-18-16-5-3-4-14(20-16)15-12-22(10-11-24-15)17(23)7-6-13-8-9-19-21(13)2/h3-5,8-9,15H,6-7,10-12H2,1-2H3,(H,18,20)/t15-/m1/s1. The molecule has 0 aromatic carbocycles. The van der Waals surface area contributed by atoms with Crippen molar-refractivity contribution >= 4 is 11.7 Å². The van der Waals surface area contributed by atoms with Crippen molar-refractivity contribution in [3.8, 4) is 0 Å². The predicted octanol–water partition coefficient (Wildman–Crippen LogP) is 1.39. The average Bonchev–Trinajstić information content (AvgIpc) is 3.04. The zero-order valence-corrected chi connectivity index (χ0v) is 14.1. The van der Waals surface area contributed by atoms with Gasteiger partial charge in [-0.1, -0.05) is 6.07 Å². The summed E-state index contributed by atoms with van der Waals surface area (Å²) in [6.07, 6.45) is 2.76. The van der Waals surface area contributed by atoms with Crippen LogP contribution in [0.5, 0.6) is 0 Å². The predicted molar refractivity (Wildman–Crippen MR) is 90.6 cm³/mol. The summed E-state index contributed by atoms with van der Waals surface area (Å²) >= 11 is 0. The van der Waals surface area contributed by atoms with Crippen molar-refractivity contribution in [1.82, 2.24) is 19.7 Å². The van der Waals surface area contributed by atoms with E-state index in [0.29, 0.717) is 32.5 Å². The van der Waals surface area contributed by atoms with Crippen LogP contribution in [0.25, 0.3) is 0 Å². The van der Waals surface area contributed by atoms with E-state index in [-0.39, 0.29) is 12.0 Å². The fourth-order valence-corrected chi connectivity index (χ4v) is 2.86. The Hall–Kier alpha value is -2.41. The summed E-state index contributed by atoms with van der Waals surface area (Å²) in [6, 6.07) is 7.74. The highest BCUT2D eigenvalue weighted by Gasteiger charge is 2.26. The molecule has 2 aromatic heterocycles. The smallest absolute Gasteiger partial charge is 0.223 e. The highest BCUT2D eigenvalue weighted by molar-refractivity contribution is 5.76. The minimum atomic E-state index is -0.173. The first-order chi connectivity index (χ1) is 11.7.